The van der Waals surface area contributed by atoms with Crippen LogP contribution in [0, 0.1) is 0 Å². The molecule has 7 aromatic rings. The first-order valence-corrected chi connectivity index (χ1v) is 11.8. The van der Waals surface area contributed by atoms with Gasteiger partial charge in [-0.25, -0.2) is 4.98 Å². The minimum Gasteiger partial charge on any atom is -0.292 e. The summed E-state index contributed by atoms with van der Waals surface area (Å²) in [4.78, 5) is 9.42. The Morgan fingerprint density at radius 2 is 1.03 bits per heavy atom. The van der Waals surface area contributed by atoms with Crippen molar-refractivity contribution >= 4 is 32.6 Å². The van der Waals surface area contributed by atoms with Crippen molar-refractivity contribution in [2.45, 2.75) is 0 Å². The maximum Gasteiger partial charge on any atom is 0.145 e. The van der Waals surface area contributed by atoms with Gasteiger partial charge in [-0.3, -0.25) is 9.55 Å². The van der Waals surface area contributed by atoms with E-state index < -0.39 is 0 Å². The molecule has 2 heterocycles. The lowest BCUT2D eigenvalue weighted by molar-refractivity contribution is 1.11. The summed E-state index contributed by atoms with van der Waals surface area (Å²) in [6.07, 6.45) is 3.66. The number of hydrogen-bond donors (Lipinski definition) is 0. The minimum absolute atomic E-state index is 0.943. The zero-order valence-electron chi connectivity index (χ0n) is 19.0. The van der Waals surface area contributed by atoms with Gasteiger partial charge in [-0.05, 0) is 46.2 Å². The van der Waals surface area contributed by atoms with Gasteiger partial charge in [-0.15, -0.1) is 0 Å². The highest BCUT2D eigenvalue weighted by atomic mass is 15.1. The van der Waals surface area contributed by atoms with Gasteiger partial charge in [-0.2, -0.15) is 0 Å². The Bertz CT molecular complexity index is 1820. The van der Waals surface area contributed by atoms with E-state index in [4.69, 9.17) is 4.98 Å². The van der Waals surface area contributed by atoms with Crippen molar-refractivity contribution in [3.05, 3.63) is 128 Å². The van der Waals surface area contributed by atoms with Gasteiger partial charge in [0, 0.05) is 34.4 Å². The third kappa shape index (κ3) is 3.13. The topological polar surface area (TPSA) is 30.7 Å². The largest absolute Gasteiger partial charge is 0.292 e. The van der Waals surface area contributed by atoms with Crippen LogP contribution in [0.5, 0.6) is 0 Å². The summed E-state index contributed by atoms with van der Waals surface area (Å²) in [5.41, 5.74) is 6.66. The summed E-state index contributed by atoms with van der Waals surface area (Å²) in [5.74, 6) is 0.943. The Kier molecular flexibility index (Phi) is 4.46. The fourth-order valence-electron chi connectivity index (χ4n) is 5.08. The molecule has 0 saturated heterocycles. The molecule has 0 fully saturated rings. The smallest absolute Gasteiger partial charge is 0.145 e. The van der Waals surface area contributed by atoms with Crippen molar-refractivity contribution < 1.29 is 0 Å². The molecule has 3 nitrogen and oxygen atoms in total. The first-order valence-electron chi connectivity index (χ1n) is 11.8. The Labute approximate surface area is 203 Å². The van der Waals surface area contributed by atoms with E-state index >= 15 is 0 Å². The molecule has 5 aromatic carbocycles. The first-order chi connectivity index (χ1) is 17.4. The summed E-state index contributed by atoms with van der Waals surface area (Å²) in [6, 6.07) is 40.5. The normalized spacial score (nSPS) is 11.4. The van der Waals surface area contributed by atoms with Crippen LogP contribution in [-0.4, -0.2) is 14.5 Å². The van der Waals surface area contributed by atoms with Crippen LogP contribution < -0.4 is 0 Å². The van der Waals surface area contributed by atoms with Crippen molar-refractivity contribution in [3.8, 4) is 28.2 Å². The van der Waals surface area contributed by atoms with Crippen molar-refractivity contribution in [3.63, 3.8) is 0 Å². The van der Waals surface area contributed by atoms with Crippen LogP contribution in [0.4, 0.5) is 0 Å². The average molecular weight is 448 g/mol. The van der Waals surface area contributed by atoms with Gasteiger partial charge in [0.2, 0.25) is 0 Å². The van der Waals surface area contributed by atoms with Gasteiger partial charge in [0.1, 0.15) is 5.82 Å². The lowest BCUT2D eigenvalue weighted by Gasteiger charge is -2.13. The standard InChI is InChI=1S/C32H21N3/c1-2-8-24(9-3-1)32-34-30-28-12-6-4-10-26(28)27-11-5-7-13-29(27)31(30)35(32)25-16-14-22(15-17-25)23-18-20-33-21-19-23/h1-21H. The number of hydrogen-bond acceptors (Lipinski definition) is 2. The van der Waals surface area contributed by atoms with Crippen molar-refractivity contribution in [1.82, 2.24) is 14.5 Å². The van der Waals surface area contributed by atoms with Crippen LogP contribution in [0.25, 0.3) is 60.8 Å². The van der Waals surface area contributed by atoms with Gasteiger partial charge in [-0.1, -0.05) is 91.0 Å². The zero-order chi connectivity index (χ0) is 23.2. The number of benzene rings is 5. The van der Waals surface area contributed by atoms with Gasteiger partial charge >= 0.3 is 0 Å². The third-order valence-corrected chi connectivity index (χ3v) is 6.70. The lowest BCUT2D eigenvalue weighted by Crippen LogP contribution is -1.98. The molecule has 164 valence electrons. The van der Waals surface area contributed by atoms with Gasteiger partial charge in [0.25, 0.3) is 0 Å². The molecule has 2 aromatic heterocycles. The summed E-state index contributed by atoms with van der Waals surface area (Å²) < 4.78 is 2.32. The molecular formula is C32H21N3. The minimum atomic E-state index is 0.943. The SMILES string of the molecule is c1ccc(-c2nc3c4ccccc4c4ccccc4c3n2-c2ccc(-c3ccncc3)cc2)cc1. The lowest BCUT2D eigenvalue weighted by atomic mass is 10.00. The van der Waals surface area contributed by atoms with Gasteiger partial charge in [0.15, 0.2) is 0 Å². The molecule has 7 rings (SSSR count). The highest BCUT2D eigenvalue weighted by molar-refractivity contribution is 6.24. The number of rotatable bonds is 3. The third-order valence-electron chi connectivity index (χ3n) is 6.70. The fraction of sp³-hybridized carbons (Fsp3) is 0. The van der Waals surface area contributed by atoms with E-state index in [0.717, 1.165) is 39.2 Å². The predicted octanol–water partition coefficient (Wildman–Crippen LogP) is 8.06. The molecule has 3 heteroatoms. The number of imidazole rings is 1. The zero-order valence-corrected chi connectivity index (χ0v) is 19.0. The van der Waals surface area contributed by atoms with E-state index in [1.54, 1.807) is 0 Å². The maximum atomic E-state index is 5.27. The van der Waals surface area contributed by atoms with Crippen LogP contribution in [0.15, 0.2) is 128 Å². The summed E-state index contributed by atoms with van der Waals surface area (Å²) >= 11 is 0. The maximum absolute atomic E-state index is 5.27. The Hall–Kier alpha value is -4.76. The molecule has 0 amide bonds. The van der Waals surface area contributed by atoms with Crippen LogP contribution >= 0.6 is 0 Å². The highest BCUT2D eigenvalue weighted by Crippen LogP contribution is 2.39. The number of pyridine rings is 1. The van der Waals surface area contributed by atoms with E-state index in [-0.39, 0.29) is 0 Å². The Balaban J connectivity index is 1.59. The molecule has 35 heavy (non-hydrogen) atoms. The second-order valence-electron chi connectivity index (χ2n) is 8.71. The Morgan fingerprint density at radius 1 is 0.457 bits per heavy atom. The highest BCUT2D eigenvalue weighted by Gasteiger charge is 2.19. The van der Waals surface area contributed by atoms with E-state index in [1.807, 2.05) is 30.6 Å². The molecular weight excluding hydrogens is 426 g/mol. The quantitative estimate of drug-likeness (QED) is 0.256. The fourth-order valence-corrected chi connectivity index (χ4v) is 5.08. The molecule has 0 saturated carbocycles. The molecule has 0 N–H and O–H groups in total. The second-order valence-corrected chi connectivity index (χ2v) is 8.71. The van der Waals surface area contributed by atoms with Crippen molar-refractivity contribution in [2.75, 3.05) is 0 Å². The summed E-state index contributed by atoms with van der Waals surface area (Å²) in [6.45, 7) is 0. The van der Waals surface area contributed by atoms with Crippen LogP contribution in [0.2, 0.25) is 0 Å². The van der Waals surface area contributed by atoms with E-state index in [9.17, 15) is 0 Å². The molecule has 0 aliphatic carbocycles. The average Bonchev–Trinajstić information content (AvgIpc) is 3.35. The number of fused-ring (bicyclic) bond motifs is 6. The molecule has 0 aliphatic rings. The molecule has 0 radical (unpaired) electrons. The molecule has 0 bridgehead atoms. The second kappa shape index (κ2) is 7.93. The van der Waals surface area contributed by atoms with Gasteiger partial charge in [0.05, 0.1) is 11.0 Å². The summed E-state index contributed by atoms with van der Waals surface area (Å²) in [7, 11) is 0. The van der Waals surface area contributed by atoms with E-state index in [2.05, 4.69) is 107 Å². The first kappa shape index (κ1) is 19.7. The summed E-state index contributed by atoms with van der Waals surface area (Å²) in [5, 5.41) is 4.84. The van der Waals surface area contributed by atoms with E-state index in [1.165, 1.54) is 21.5 Å². The van der Waals surface area contributed by atoms with Crippen LogP contribution in [0.1, 0.15) is 0 Å². The number of nitrogens with zero attached hydrogens (tertiary/aromatic N) is 3. The van der Waals surface area contributed by atoms with Crippen LogP contribution in [-0.2, 0) is 0 Å². The predicted molar refractivity (Wildman–Crippen MR) is 145 cm³/mol. The number of aromatic nitrogens is 3. The monoisotopic (exact) mass is 447 g/mol. The molecule has 0 atom stereocenters. The molecule has 0 spiro atoms. The van der Waals surface area contributed by atoms with Crippen molar-refractivity contribution in [1.29, 1.82) is 0 Å². The van der Waals surface area contributed by atoms with Gasteiger partial charge < -0.3 is 0 Å². The van der Waals surface area contributed by atoms with Crippen molar-refractivity contribution in [2.24, 2.45) is 0 Å². The Morgan fingerprint density at radius 3 is 1.74 bits per heavy atom. The molecule has 0 aliphatic heterocycles. The molecule has 0 unspecified atom stereocenters. The van der Waals surface area contributed by atoms with E-state index in [0.29, 0.717) is 0 Å². The van der Waals surface area contributed by atoms with Crippen LogP contribution in [0.3, 0.4) is 0 Å².